The Labute approximate surface area is 139 Å². The Morgan fingerprint density at radius 3 is 2.33 bits per heavy atom. The third kappa shape index (κ3) is 4.37. The third-order valence-electron chi connectivity index (χ3n) is 3.16. The summed E-state index contributed by atoms with van der Waals surface area (Å²) in [6.07, 6.45) is -3.80. The molecule has 2 aromatic rings. The van der Waals surface area contributed by atoms with Gasteiger partial charge in [0.15, 0.2) is 5.82 Å². The maximum atomic E-state index is 13.3. The lowest BCUT2D eigenvalue weighted by atomic mass is 10.2. The molecule has 1 aromatic carbocycles. The highest BCUT2D eigenvalue weighted by molar-refractivity contribution is 5.63. The monoisotopic (exact) mass is 339 g/mol. The topological polar surface area (TPSA) is 38.2 Å². The number of hydrogen-bond acceptors (Lipinski definition) is 4. The van der Waals surface area contributed by atoms with Crippen molar-refractivity contribution >= 4 is 11.5 Å². The molecule has 0 amide bonds. The number of halogens is 3. The lowest BCUT2D eigenvalue weighted by Crippen LogP contribution is -2.26. The summed E-state index contributed by atoms with van der Waals surface area (Å²) < 4.78 is 45.5. The number of alkyl halides is 3. The van der Waals surface area contributed by atoms with Gasteiger partial charge in [-0.3, -0.25) is 0 Å². The van der Waals surface area contributed by atoms with E-state index in [9.17, 15) is 13.2 Å². The summed E-state index contributed by atoms with van der Waals surface area (Å²) in [4.78, 5) is 9.09. The summed E-state index contributed by atoms with van der Waals surface area (Å²) >= 11 is 0. The van der Waals surface area contributed by atoms with Crippen molar-refractivity contribution in [1.29, 1.82) is 0 Å². The van der Waals surface area contributed by atoms with Crippen molar-refractivity contribution in [1.82, 2.24) is 9.97 Å². The molecule has 0 saturated heterocycles. The Morgan fingerprint density at radius 1 is 1.12 bits per heavy atom. The van der Waals surface area contributed by atoms with Crippen LogP contribution in [0.1, 0.15) is 31.9 Å². The van der Waals surface area contributed by atoms with Gasteiger partial charge >= 0.3 is 12.2 Å². The number of hydrogen-bond donors (Lipinski definition) is 0. The van der Waals surface area contributed by atoms with Crippen molar-refractivity contribution in [3.8, 4) is 6.01 Å². The predicted molar refractivity (Wildman–Crippen MR) is 86.7 cm³/mol. The van der Waals surface area contributed by atoms with Crippen LogP contribution in [0.5, 0.6) is 6.01 Å². The molecule has 24 heavy (non-hydrogen) atoms. The van der Waals surface area contributed by atoms with Crippen LogP contribution in [0.3, 0.4) is 0 Å². The van der Waals surface area contributed by atoms with Gasteiger partial charge in [-0.15, -0.1) is 0 Å². The first kappa shape index (κ1) is 18.0. The minimum Gasteiger partial charge on any atom is -0.458 e. The van der Waals surface area contributed by atoms with Gasteiger partial charge in [-0.2, -0.15) is 18.2 Å². The summed E-state index contributed by atoms with van der Waals surface area (Å²) in [5.74, 6) is -0.248. The summed E-state index contributed by atoms with van der Waals surface area (Å²) in [6.45, 7) is 7.20. The van der Waals surface area contributed by atoms with Crippen LogP contribution in [0.15, 0.2) is 30.5 Å². The van der Waals surface area contributed by atoms with E-state index in [1.165, 1.54) is 11.9 Å². The fourth-order valence-corrected chi connectivity index (χ4v) is 2.09. The van der Waals surface area contributed by atoms with Gasteiger partial charge in [-0.1, -0.05) is 12.1 Å². The van der Waals surface area contributed by atoms with E-state index in [4.69, 9.17) is 4.74 Å². The maximum Gasteiger partial charge on any atom is 0.421 e. The highest BCUT2D eigenvalue weighted by Crippen LogP contribution is 2.38. The minimum atomic E-state index is -4.56. The number of nitrogens with zero attached hydrogens (tertiary/aromatic N) is 3. The first-order valence-corrected chi connectivity index (χ1v) is 7.41. The van der Waals surface area contributed by atoms with Crippen molar-refractivity contribution in [2.24, 2.45) is 0 Å². The Balaban J connectivity index is 2.53. The molecule has 0 saturated carbocycles. The second-order valence-electron chi connectivity index (χ2n) is 6.50. The number of rotatable bonds is 3. The zero-order valence-electron chi connectivity index (χ0n) is 14.3. The normalized spacial score (nSPS) is 12.2. The molecule has 2 rings (SSSR count). The van der Waals surface area contributed by atoms with Gasteiger partial charge in [0.2, 0.25) is 0 Å². The van der Waals surface area contributed by atoms with E-state index in [0.29, 0.717) is 5.69 Å². The summed E-state index contributed by atoms with van der Waals surface area (Å²) in [6, 6.07) is 7.06. The first-order chi connectivity index (χ1) is 11.0. The fraction of sp³-hybridized carbons (Fsp3) is 0.412. The van der Waals surface area contributed by atoms with E-state index < -0.39 is 17.3 Å². The Bertz CT molecular complexity index is 724. The molecule has 0 radical (unpaired) electrons. The van der Waals surface area contributed by atoms with Crippen LogP contribution in [-0.4, -0.2) is 22.6 Å². The standard InChI is InChI=1S/C17H20F3N3O/c1-11-7-6-8-12(9-11)23(5)14-13(17(18,19)20)10-21-15(22-14)24-16(2,3)4/h6-10H,1-5H3. The molecule has 0 fully saturated rings. The Morgan fingerprint density at radius 2 is 1.79 bits per heavy atom. The molecule has 0 N–H and O–H groups in total. The molecule has 0 unspecified atom stereocenters. The van der Waals surface area contributed by atoms with Crippen LogP contribution in [0.25, 0.3) is 0 Å². The van der Waals surface area contributed by atoms with Crippen molar-refractivity contribution < 1.29 is 17.9 Å². The van der Waals surface area contributed by atoms with E-state index in [2.05, 4.69) is 9.97 Å². The molecule has 1 heterocycles. The number of benzene rings is 1. The average molecular weight is 339 g/mol. The van der Waals surface area contributed by atoms with Crippen molar-refractivity contribution in [3.63, 3.8) is 0 Å². The van der Waals surface area contributed by atoms with Gasteiger partial charge in [0.05, 0.1) is 0 Å². The predicted octanol–water partition coefficient (Wildman–Crippen LogP) is 4.75. The summed E-state index contributed by atoms with van der Waals surface area (Å²) in [5, 5.41) is 0. The molecule has 0 bridgehead atoms. The number of aromatic nitrogens is 2. The fourth-order valence-electron chi connectivity index (χ4n) is 2.09. The van der Waals surface area contributed by atoms with Gasteiger partial charge in [0.25, 0.3) is 0 Å². The van der Waals surface area contributed by atoms with Crippen LogP contribution in [-0.2, 0) is 6.18 Å². The molecule has 0 aliphatic rings. The van der Waals surface area contributed by atoms with E-state index in [-0.39, 0.29) is 11.8 Å². The van der Waals surface area contributed by atoms with E-state index in [1.54, 1.807) is 39.0 Å². The van der Waals surface area contributed by atoms with Crippen LogP contribution in [0.2, 0.25) is 0 Å². The molecular formula is C17H20F3N3O. The van der Waals surface area contributed by atoms with Gasteiger partial charge in [-0.25, -0.2) is 4.98 Å². The van der Waals surface area contributed by atoms with Crippen LogP contribution in [0, 0.1) is 6.92 Å². The van der Waals surface area contributed by atoms with Gasteiger partial charge in [0.1, 0.15) is 11.2 Å². The zero-order chi connectivity index (χ0) is 18.1. The molecule has 0 aliphatic carbocycles. The zero-order valence-corrected chi connectivity index (χ0v) is 14.3. The molecule has 0 atom stereocenters. The lowest BCUT2D eigenvalue weighted by molar-refractivity contribution is -0.137. The smallest absolute Gasteiger partial charge is 0.421 e. The molecule has 0 aliphatic heterocycles. The van der Waals surface area contributed by atoms with Crippen LogP contribution in [0.4, 0.5) is 24.7 Å². The molecule has 130 valence electrons. The first-order valence-electron chi connectivity index (χ1n) is 7.41. The highest BCUT2D eigenvalue weighted by atomic mass is 19.4. The number of anilines is 2. The second kappa shape index (κ2) is 6.30. The van der Waals surface area contributed by atoms with E-state index >= 15 is 0 Å². The molecule has 7 heteroatoms. The van der Waals surface area contributed by atoms with Gasteiger partial charge in [0, 0.05) is 18.9 Å². The molecule has 0 spiro atoms. The molecule has 1 aromatic heterocycles. The largest absolute Gasteiger partial charge is 0.458 e. The summed E-state index contributed by atoms with van der Waals surface area (Å²) in [7, 11) is 1.53. The summed E-state index contributed by atoms with van der Waals surface area (Å²) in [5.41, 5.74) is 0.0145. The quantitative estimate of drug-likeness (QED) is 0.809. The second-order valence-corrected chi connectivity index (χ2v) is 6.50. The number of ether oxygens (including phenoxy) is 1. The van der Waals surface area contributed by atoms with Crippen molar-refractivity contribution in [2.75, 3.05) is 11.9 Å². The SMILES string of the molecule is Cc1cccc(N(C)c2nc(OC(C)(C)C)ncc2C(F)(F)F)c1. The number of aryl methyl sites for hydroxylation is 1. The average Bonchev–Trinajstić information content (AvgIpc) is 2.43. The Hall–Kier alpha value is -2.31. The highest BCUT2D eigenvalue weighted by Gasteiger charge is 2.37. The maximum absolute atomic E-state index is 13.3. The van der Waals surface area contributed by atoms with Crippen LogP contribution < -0.4 is 9.64 Å². The van der Waals surface area contributed by atoms with Crippen molar-refractivity contribution in [2.45, 2.75) is 39.5 Å². The third-order valence-corrected chi connectivity index (χ3v) is 3.16. The van der Waals surface area contributed by atoms with E-state index in [0.717, 1.165) is 11.8 Å². The van der Waals surface area contributed by atoms with Crippen molar-refractivity contribution in [3.05, 3.63) is 41.6 Å². The van der Waals surface area contributed by atoms with Gasteiger partial charge < -0.3 is 9.64 Å². The molecule has 4 nitrogen and oxygen atoms in total. The van der Waals surface area contributed by atoms with E-state index in [1.807, 2.05) is 13.0 Å². The Kier molecular flexibility index (Phi) is 4.73. The van der Waals surface area contributed by atoms with Crippen LogP contribution >= 0.6 is 0 Å². The minimum absolute atomic E-state index is 0.0926. The molecular weight excluding hydrogens is 319 g/mol. The van der Waals surface area contributed by atoms with Gasteiger partial charge in [-0.05, 0) is 45.4 Å². The lowest BCUT2D eigenvalue weighted by Gasteiger charge is -2.25.